The minimum absolute atomic E-state index is 0.353. The Hall–Kier alpha value is -2.08. The van der Waals surface area contributed by atoms with E-state index in [1.54, 1.807) is 39.8 Å². The van der Waals surface area contributed by atoms with Crippen LogP contribution in [0.15, 0.2) is 30.3 Å². The first-order valence-electron chi connectivity index (χ1n) is 9.52. The molecule has 27 heavy (non-hydrogen) atoms. The first-order valence-corrected chi connectivity index (χ1v) is 9.52. The molecule has 6 nitrogen and oxygen atoms in total. The van der Waals surface area contributed by atoms with E-state index in [4.69, 9.17) is 9.47 Å². The summed E-state index contributed by atoms with van der Waals surface area (Å²) in [6.45, 7) is 9.39. The molecular weight excluding hydrogens is 344 g/mol. The smallest absolute Gasteiger partial charge is 0.408 e. The molecule has 1 aromatic carbocycles. The van der Waals surface area contributed by atoms with E-state index >= 15 is 0 Å². The van der Waals surface area contributed by atoms with Crippen molar-refractivity contribution in [2.45, 2.75) is 51.7 Å². The summed E-state index contributed by atoms with van der Waals surface area (Å²) in [5, 5.41) is 2.72. The number of hydrogen-bond acceptors (Lipinski definition) is 5. The number of hydrogen-bond donors (Lipinski definition) is 1. The third-order valence-corrected chi connectivity index (χ3v) is 4.80. The van der Waals surface area contributed by atoms with Gasteiger partial charge in [-0.3, -0.25) is 0 Å². The maximum atomic E-state index is 13.0. The lowest BCUT2D eigenvalue weighted by Crippen LogP contribution is -2.52. The molecule has 1 heterocycles. The largest absolute Gasteiger partial charge is 0.463 e. The second-order valence-electron chi connectivity index (χ2n) is 8.46. The molecule has 0 spiro atoms. The Morgan fingerprint density at radius 1 is 1.11 bits per heavy atom. The molecule has 1 saturated heterocycles. The molecule has 1 N–H and O–H groups in total. The van der Waals surface area contributed by atoms with Crippen molar-refractivity contribution in [1.29, 1.82) is 0 Å². The van der Waals surface area contributed by atoms with Crippen LogP contribution in [0.25, 0.3) is 0 Å². The lowest BCUT2D eigenvalue weighted by Gasteiger charge is -2.32. The van der Waals surface area contributed by atoms with Crippen molar-refractivity contribution >= 4 is 12.1 Å². The molecule has 1 atom stereocenters. The molecular formula is C21H32N2O4. The van der Waals surface area contributed by atoms with E-state index in [0.717, 1.165) is 25.9 Å². The summed E-state index contributed by atoms with van der Waals surface area (Å²) < 4.78 is 11.0. The van der Waals surface area contributed by atoms with Gasteiger partial charge in [0.05, 0.1) is 6.61 Å². The first-order chi connectivity index (χ1) is 12.6. The highest BCUT2D eigenvalue weighted by atomic mass is 16.6. The quantitative estimate of drug-likeness (QED) is 0.799. The van der Waals surface area contributed by atoms with Crippen LogP contribution in [0, 0.1) is 5.92 Å². The van der Waals surface area contributed by atoms with E-state index < -0.39 is 23.2 Å². The lowest BCUT2D eigenvalue weighted by atomic mass is 9.92. The van der Waals surface area contributed by atoms with Crippen molar-refractivity contribution in [3.63, 3.8) is 0 Å². The van der Waals surface area contributed by atoms with Gasteiger partial charge in [0.2, 0.25) is 0 Å². The molecule has 0 radical (unpaired) electrons. The van der Waals surface area contributed by atoms with E-state index in [1.807, 2.05) is 18.2 Å². The molecule has 0 aliphatic carbocycles. The molecule has 0 aromatic heterocycles. The second-order valence-corrected chi connectivity index (χ2v) is 8.46. The minimum Gasteiger partial charge on any atom is -0.463 e. The number of alkyl carbamates (subject to hydrolysis) is 1. The zero-order valence-corrected chi connectivity index (χ0v) is 17.1. The molecule has 2 rings (SSSR count). The number of rotatable bonds is 5. The van der Waals surface area contributed by atoms with Gasteiger partial charge in [-0.15, -0.1) is 0 Å². The van der Waals surface area contributed by atoms with Crippen LogP contribution >= 0.6 is 0 Å². The Bertz CT molecular complexity index is 633. The molecule has 1 aliphatic heterocycles. The SMILES string of the molecule is CN1CCC(COC(=O)C(C)(NC(=O)OC(C)(C)C)c2ccccc2)CC1. The molecule has 1 aliphatic rings. The third-order valence-electron chi connectivity index (χ3n) is 4.80. The van der Waals surface area contributed by atoms with Crippen molar-refractivity contribution in [3.05, 3.63) is 35.9 Å². The zero-order chi connectivity index (χ0) is 20.1. The zero-order valence-electron chi connectivity index (χ0n) is 17.1. The number of amides is 1. The van der Waals surface area contributed by atoms with Gasteiger partial charge in [-0.2, -0.15) is 0 Å². The predicted octanol–water partition coefficient (Wildman–Crippen LogP) is 3.31. The number of nitrogens with one attached hydrogen (secondary N) is 1. The Morgan fingerprint density at radius 2 is 1.70 bits per heavy atom. The van der Waals surface area contributed by atoms with Crippen LogP contribution in [-0.2, 0) is 19.8 Å². The summed E-state index contributed by atoms with van der Waals surface area (Å²) in [4.78, 5) is 27.6. The van der Waals surface area contributed by atoms with Gasteiger partial charge in [-0.05, 0) is 72.2 Å². The van der Waals surface area contributed by atoms with Gasteiger partial charge in [0, 0.05) is 0 Å². The van der Waals surface area contributed by atoms with Crippen LogP contribution in [-0.4, -0.2) is 49.3 Å². The maximum absolute atomic E-state index is 13.0. The van der Waals surface area contributed by atoms with Gasteiger partial charge >= 0.3 is 12.1 Å². The second kappa shape index (κ2) is 8.74. The maximum Gasteiger partial charge on any atom is 0.408 e. The molecule has 1 amide bonds. The molecule has 1 unspecified atom stereocenters. The Kier molecular flexibility index (Phi) is 6.87. The predicted molar refractivity (Wildman–Crippen MR) is 104 cm³/mol. The van der Waals surface area contributed by atoms with E-state index in [2.05, 4.69) is 17.3 Å². The van der Waals surface area contributed by atoms with Crippen molar-refractivity contribution in [1.82, 2.24) is 10.2 Å². The number of benzene rings is 1. The average Bonchev–Trinajstić information content (AvgIpc) is 2.60. The van der Waals surface area contributed by atoms with Crippen LogP contribution in [0.1, 0.15) is 46.1 Å². The third kappa shape index (κ3) is 6.24. The number of nitrogens with zero attached hydrogens (tertiary/aromatic N) is 1. The number of carbonyl (C=O) groups is 2. The van der Waals surface area contributed by atoms with Gasteiger partial charge in [0.1, 0.15) is 5.60 Å². The Balaban J connectivity index is 2.09. The van der Waals surface area contributed by atoms with Crippen molar-refractivity contribution in [2.75, 3.05) is 26.7 Å². The highest BCUT2D eigenvalue weighted by molar-refractivity contribution is 5.86. The summed E-state index contributed by atoms with van der Waals surface area (Å²) in [7, 11) is 2.10. The summed E-state index contributed by atoms with van der Waals surface area (Å²) in [6, 6.07) is 9.12. The van der Waals surface area contributed by atoms with E-state index in [9.17, 15) is 9.59 Å². The summed E-state index contributed by atoms with van der Waals surface area (Å²) in [6.07, 6.45) is 1.36. The fourth-order valence-electron chi connectivity index (χ4n) is 3.09. The Labute approximate surface area is 162 Å². The van der Waals surface area contributed by atoms with Crippen molar-refractivity contribution < 1.29 is 19.1 Å². The topological polar surface area (TPSA) is 67.9 Å². The molecule has 150 valence electrons. The number of carbonyl (C=O) groups excluding carboxylic acids is 2. The average molecular weight is 376 g/mol. The molecule has 1 fully saturated rings. The van der Waals surface area contributed by atoms with Crippen LogP contribution in [0.5, 0.6) is 0 Å². The number of ether oxygens (including phenoxy) is 2. The fourth-order valence-corrected chi connectivity index (χ4v) is 3.09. The monoisotopic (exact) mass is 376 g/mol. The van der Waals surface area contributed by atoms with Gasteiger partial charge < -0.3 is 19.7 Å². The normalized spacial score (nSPS) is 18.4. The minimum atomic E-state index is -1.31. The van der Waals surface area contributed by atoms with Gasteiger partial charge in [0.25, 0.3) is 0 Å². The fraction of sp³-hybridized carbons (Fsp3) is 0.619. The summed E-state index contributed by atoms with van der Waals surface area (Å²) in [5.41, 5.74) is -1.31. The lowest BCUT2D eigenvalue weighted by molar-refractivity contribution is -0.153. The number of likely N-dealkylation sites (tertiary alicyclic amines) is 1. The number of piperidine rings is 1. The highest BCUT2D eigenvalue weighted by Crippen LogP contribution is 2.25. The molecule has 0 saturated carbocycles. The van der Waals surface area contributed by atoms with Crippen LogP contribution in [0.2, 0.25) is 0 Å². The van der Waals surface area contributed by atoms with Gasteiger partial charge in [-0.1, -0.05) is 30.3 Å². The standard InChI is InChI=1S/C21H32N2O4/c1-20(2,3)27-19(25)22-21(4,17-9-7-6-8-10-17)18(24)26-15-16-11-13-23(5)14-12-16/h6-10,16H,11-15H2,1-5H3,(H,22,25). The van der Waals surface area contributed by atoms with Crippen molar-refractivity contribution in [2.24, 2.45) is 5.92 Å². The number of esters is 1. The van der Waals surface area contributed by atoms with Crippen LogP contribution in [0.4, 0.5) is 4.79 Å². The summed E-state index contributed by atoms with van der Waals surface area (Å²) in [5.74, 6) is -0.120. The molecule has 0 bridgehead atoms. The van der Waals surface area contributed by atoms with Gasteiger partial charge in [-0.25, -0.2) is 9.59 Å². The summed E-state index contributed by atoms with van der Waals surface area (Å²) >= 11 is 0. The van der Waals surface area contributed by atoms with E-state index in [0.29, 0.717) is 18.1 Å². The van der Waals surface area contributed by atoms with E-state index in [-0.39, 0.29) is 0 Å². The Morgan fingerprint density at radius 3 is 2.26 bits per heavy atom. The van der Waals surface area contributed by atoms with E-state index in [1.165, 1.54) is 0 Å². The van der Waals surface area contributed by atoms with Gasteiger partial charge in [0.15, 0.2) is 5.54 Å². The van der Waals surface area contributed by atoms with Crippen LogP contribution in [0.3, 0.4) is 0 Å². The molecule has 6 heteroatoms. The molecule has 1 aromatic rings. The van der Waals surface area contributed by atoms with Crippen molar-refractivity contribution in [3.8, 4) is 0 Å². The highest BCUT2D eigenvalue weighted by Gasteiger charge is 2.40. The van der Waals surface area contributed by atoms with Crippen LogP contribution < -0.4 is 5.32 Å². The first kappa shape index (κ1) is 21.2.